The van der Waals surface area contributed by atoms with Crippen molar-refractivity contribution in [1.29, 1.82) is 0 Å². The van der Waals surface area contributed by atoms with Gasteiger partial charge in [-0.2, -0.15) is 5.10 Å². The van der Waals surface area contributed by atoms with Gasteiger partial charge >= 0.3 is 0 Å². The second-order valence-corrected chi connectivity index (χ2v) is 5.74. The van der Waals surface area contributed by atoms with Crippen molar-refractivity contribution in [3.8, 4) is 0 Å². The zero-order valence-electron chi connectivity index (χ0n) is 14.4. The Labute approximate surface area is 164 Å². The summed E-state index contributed by atoms with van der Waals surface area (Å²) >= 11 is 0. The normalized spacial score (nSPS) is 17.3. The maximum absolute atomic E-state index is 5.65. The number of aryl methyl sites for hydroxylation is 1. The molecule has 1 unspecified atom stereocenters. The SMILES string of the molecule is Cn1ncnc1CN=C(NCCc1ccco1)NCC1CCCO1.I. The first kappa shape index (κ1) is 19.7. The molecule has 1 saturated heterocycles. The molecule has 0 amide bonds. The molecule has 1 aliphatic rings. The molecule has 2 aromatic rings. The van der Waals surface area contributed by atoms with E-state index in [4.69, 9.17) is 9.15 Å². The lowest BCUT2D eigenvalue weighted by atomic mass is 10.2. The summed E-state index contributed by atoms with van der Waals surface area (Å²) in [5.74, 6) is 2.52. The van der Waals surface area contributed by atoms with Crippen LogP contribution in [0, 0.1) is 0 Å². The van der Waals surface area contributed by atoms with Gasteiger partial charge in [0.2, 0.25) is 0 Å². The van der Waals surface area contributed by atoms with Crippen molar-refractivity contribution in [3.05, 3.63) is 36.3 Å². The minimum absolute atomic E-state index is 0. The van der Waals surface area contributed by atoms with Gasteiger partial charge in [-0.05, 0) is 25.0 Å². The van der Waals surface area contributed by atoms with E-state index in [1.807, 2.05) is 19.2 Å². The molecule has 0 saturated carbocycles. The maximum atomic E-state index is 5.65. The standard InChI is InChI=1S/C16H24N6O2.HI/c1-22-15(20-12-21-22)11-19-16(18-10-14-5-3-9-24-14)17-7-6-13-4-2-8-23-13;/h2,4,8,12,14H,3,5-7,9-11H2,1H3,(H2,17,18,19);1H. The van der Waals surface area contributed by atoms with Crippen LogP contribution in [0.4, 0.5) is 0 Å². The lowest BCUT2D eigenvalue weighted by Gasteiger charge is -2.15. The number of aliphatic imine (C=N–C) groups is 1. The summed E-state index contributed by atoms with van der Waals surface area (Å²) in [5, 5.41) is 10.7. The van der Waals surface area contributed by atoms with Gasteiger partial charge in [0.1, 0.15) is 24.5 Å². The van der Waals surface area contributed by atoms with E-state index in [0.29, 0.717) is 6.54 Å². The van der Waals surface area contributed by atoms with Gasteiger partial charge in [-0.3, -0.25) is 4.68 Å². The number of aromatic nitrogens is 3. The van der Waals surface area contributed by atoms with E-state index >= 15 is 0 Å². The van der Waals surface area contributed by atoms with Crippen LogP contribution < -0.4 is 10.6 Å². The van der Waals surface area contributed by atoms with Crippen LogP contribution in [0.5, 0.6) is 0 Å². The zero-order chi connectivity index (χ0) is 16.6. The summed E-state index contributed by atoms with van der Waals surface area (Å²) in [6.45, 7) is 2.82. The van der Waals surface area contributed by atoms with Gasteiger partial charge in [-0.1, -0.05) is 0 Å². The Morgan fingerprint density at radius 1 is 1.44 bits per heavy atom. The highest BCUT2D eigenvalue weighted by molar-refractivity contribution is 14.0. The van der Waals surface area contributed by atoms with Crippen molar-refractivity contribution in [3.63, 3.8) is 0 Å². The van der Waals surface area contributed by atoms with E-state index < -0.39 is 0 Å². The predicted molar refractivity (Wildman–Crippen MR) is 105 cm³/mol. The molecular weight excluding hydrogens is 435 g/mol. The monoisotopic (exact) mass is 460 g/mol. The molecule has 8 nitrogen and oxygen atoms in total. The fourth-order valence-electron chi connectivity index (χ4n) is 2.56. The van der Waals surface area contributed by atoms with Crippen LogP contribution in [0.1, 0.15) is 24.4 Å². The molecular formula is C16H25IN6O2. The first-order valence-electron chi connectivity index (χ1n) is 8.30. The number of rotatable bonds is 7. The van der Waals surface area contributed by atoms with Gasteiger partial charge in [0.25, 0.3) is 0 Å². The molecule has 0 aliphatic carbocycles. The number of guanidine groups is 1. The second-order valence-electron chi connectivity index (χ2n) is 5.74. The first-order valence-corrected chi connectivity index (χ1v) is 8.30. The van der Waals surface area contributed by atoms with Crippen molar-refractivity contribution in [1.82, 2.24) is 25.4 Å². The average Bonchev–Trinajstić information content (AvgIpc) is 3.33. The van der Waals surface area contributed by atoms with Crippen LogP contribution >= 0.6 is 24.0 Å². The average molecular weight is 460 g/mol. The Hall–Kier alpha value is -1.62. The van der Waals surface area contributed by atoms with E-state index in [1.54, 1.807) is 10.9 Å². The third kappa shape index (κ3) is 6.31. The van der Waals surface area contributed by atoms with Crippen LogP contribution in [0.3, 0.4) is 0 Å². The molecule has 1 atom stereocenters. The molecule has 0 aromatic carbocycles. The fourth-order valence-corrected chi connectivity index (χ4v) is 2.56. The summed E-state index contributed by atoms with van der Waals surface area (Å²) in [5.41, 5.74) is 0. The molecule has 0 radical (unpaired) electrons. The number of nitrogens with one attached hydrogen (secondary N) is 2. The summed E-state index contributed by atoms with van der Waals surface area (Å²) in [7, 11) is 1.86. The third-order valence-corrected chi connectivity index (χ3v) is 3.95. The molecule has 2 aromatic heterocycles. The number of nitrogens with zero attached hydrogens (tertiary/aromatic N) is 4. The molecule has 3 rings (SSSR count). The zero-order valence-corrected chi connectivity index (χ0v) is 16.7. The minimum Gasteiger partial charge on any atom is -0.469 e. The largest absolute Gasteiger partial charge is 0.469 e. The van der Waals surface area contributed by atoms with Crippen LogP contribution in [0.2, 0.25) is 0 Å². The van der Waals surface area contributed by atoms with Gasteiger partial charge in [-0.25, -0.2) is 9.98 Å². The summed E-state index contributed by atoms with van der Waals surface area (Å²) in [6.07, 6.45) is 6.51. The van der Waals surface area contributed by atoms with Crippen LogP contribution in [-0.2, 0) is 24.8 Å². The highest BCUT2D eigenvalue weighted by Gasteiger charge is 2.15. The van der Waals surface area contributed by atoms with E-state index in [0.717, 1.165) is 56.5 Å². The molecule has 9 heteroatoms. The lowest BCUT2D eigenvalue weighted by Crippen LogP contribution is -2.42. The van der Waals surface area contributed by atoms with Gasteiger partial charge in [-0.15, -0.1) is 24.0 Å². The molecule has 25 heavy (non-hydrogen) atoms. The van der Waals surface area contributed by atoms with Gasteiger partial charge < -0.3 is 19.8 Å². The molecule has 3 heterocycles. The molecule has 1 aliphatic heterocycles. The van der Waals surface area contributed by atoms with Crippen molar-refractivity contribution in [2.24, 2.45) is 12.0 Å². The smallest absolute Gasteiger partial charge is 0.191 e. The number of furan rings is 1. The maximum Gasteiger partial charge on any atom is 0.191 e. The van der Waals surface area contributed by atoms with Gasteiger partial charge in [0.15, 0.2) is 5.96 Å². The second kappa shape index (κ2) is 10.4. The lowest BCUT2D eigenvalue weighted by molar-refractivity contribution is 0.114. The molecule has 2 N–H and O–H groups in total. The van der Waals surface area contributed by atoms with E-state index in [1.165, 1.54) is 6.33 Å². The molecule has 0 spiro atoms. The van der Waals surface area contributed by atoms with Crippen LogP contribution in [0.15, 0.2) is 34.1 Å². The topological polar surface area (TPSA) is 89.5 Å². The Morgan fingerprint density at radius 2 is 2.36 bits per heavy atom. The van der Waals surface area contributed by atoms with Gasteiger partial charge in [0, 0.05) is 33.2 Å². The quantitative estimate of drug-likeness (QED) is 0.370. The van der Waals surface area contributed by atoms with Crippen molar-refractivity contribution in [2.75, 3.05) is 19.7 Å². The Kier molecular flexibility index (Phi) is 8.19. The summed E-state index contributed by atoms with van der Waals surface area (Å²) in [4.78, 5) is 8.79. The number of hydrogen-bond donors (Lipinski definition) is 2. The van der Waals surface area contributed by atoms with Gasteiger partial charge in [0.05, 0.1) is 12.4 Å². The highest BCUT2D eigenvalue weighted by atomic mass is 127. The number of ether oxygens (including phenoxy) is 1. The van der Waals surface area contributed by atoms with Crippen LogP contribution in [-0.4, -0.2) is 46.5 Å². The fraction of sp³-hybridized carbons (Fsp3) is 0.562. The van der Waals surface area contributed by atoms with Crippen LogP contribution in [0.25, 0.3) is 0 Å². The van der Waals surface area contributed by atoms with Crippen molar-refractivity contribution in [2.45, 2.75) is 31.9 Å². The molecule has 0 bridgehead atoms. The van der Waals surface area contributed by atoms with E-state index in [2.05, 4.69) is 25.7 Å². The Morgan fingerprint density at radius 3 is 3.04 bits per heavy atom. The van der Waals surface area contributed by atoms with E-state index in [9.17, 15) is 0 Å². The summed E-state index contributed by atoms with van der Waals surface area (Å²) < 4.78 is 12.7. The highest BCUT2D eigenvalue weighted by Crippen LogP contribution is 2.10. The van der Waals surface area contributed by atoms with Crippen molar-refractivity contribution >= 4 is 29.9 Å². The molecule has 1 fully saturated rings. The first-order chi connectivity index (χ1) is 11.8. The molecule has 138 valence electrons. The third-order valence-electron chi connectivity index (χ3n) is 3.95. The summed E-state index contributed by atoms with van der Waals surface area (Å²) in [6, 6.07) is 3.87. The number of hydrogen-bond acceptors (Lipinski definition) is 5. The Bertz CT molecular complexity index is 637. The predicted octanol–water partition coefficient (Wildman–Crippen LogP) is 1.48. The number of halogens is 1. The van der Waals surface area contributed by atoms with E-state index in [-0.39, 0.29) is 30.1 Å². The Balaban J connectivity index is 0.00000225. The minimum atomic E-state index is 0. The van der Waals surface area contributed by atoms with Crippen molar-refractivity contribution < 1.29 is 9.15 Å².